The van der Waals surface area contributed by atoms with Crippen molar-refractivity contribution in [3.05, 3.63) is 12.2 Å². The SMILES string of the molecule is C=C(C)CCN1CC(O)(C(C)C)C1. The van der Waals surface area contributed by atoms with Crippen molar-refractivity contribution in [3.63, 3.8) is 0 Å². The smallest absolute Gasteiger partial charge is 0.0922 e. The Morgan fingerprint density at radius 2 is 2.08 bits per heavy atom. The number of rotatable bonds is 4. The van der Waals surface area contributed by atoms with Crippen LogP contribution in [0.5, 0.6) is 0 Å². The molecule has 1 N–H and O–H groups in total. The van der Waals surface area contributed by atoms with Gasteiger partial charge in [-0.25, -0.2) is 0 Å². The molecule has 0 atom stereocenters. The number of hydrogen-bond donors (Lipinski definition) is 1. The second kappa shape index (κ2) is 3.81. The predicted molar refractivity (Wildman–Crippen MR) is 55.7 cm³/mol. The van der Waals surface area contributed by atoms with Crippen molar-refractivity contribution >= 4 is 0 Å². The lowest BCUT2D eigenvalue weighted by atomic mass is 9.83. The van der Waals surface area contributed by atoms with Gasteiger partial charge >= 0.3 is 0 Å². The Bertz CT molecular complexity index is 192. The predicted octanol–water partition coefficient (Wildman–Crippen LogP) is 1.66. The van der Waals surface area contributed by atoms with Gasteiger partial charge in [-0.2, -0.15) is 0 Å². The minimum Gasteiger partial charge on any atom is -0.387 e. The summed E-state index contributed by atoms with van der Waals surface area (Å²) < 4.78 is 0. The molecule has 13 heavy (non-hydrogen) atoms. The molecule has 0 radical (unpaired) electrons. The summed E-state index contributed by atoms with van der Waals surface area (Å²) in [5, 5.41) is 9.96. The van der Waals surface area contributed by atoms with E-state index in [0.717, 1.165) is 26.1 Å². The summed E-state index contributed by atoms with van der Waals surface area (Å²) in [6, 6.07) is 0. The van der Waals surface area contributed by atoms with Gasteiger partial charge in [0.05, 0.1) is 5.60 Å². The number of nitrogens with zero attached hydrogens (tertiary/aromatic N) is 1. The molecule has 0 amide bonds. The highest BCUT2D eigenvalue weighted by Gasteiger charge is 2.42. The molecule has 0 bridgehead atoms. The van der Waals surface area contributed by atoms with Crippen molar-refractivity contribution in [1.29, 1.82) is 0 Å². The van der Waals surface area contributed by atoms with Crippen LogP contribution in [0, 0.1) is 5.92 Å². The summed E-state index contributed by atoms with van der Waals surface area (Å²) in [7, 11) is 0. The first-order valence-electron chi connectivity index (χ1n) is 5.03. The monoisotopic (exact) mass is 183 g/mol. The number of aliphatic hydroxyl groups is 1. The van der Waals surface area contributed by atoms with E-state index in [4.69, 9.17) is 0 Å². The van der Waals surface area contributed by atoms with Crippen LogP contribution in [0.1, 0.15) is 27.2 Å². The van der Waals surface area contributed by atoms with Gasteiger partial charge in [-0.3, -0.25) is 4.90 Å². The topological polar surface area (TPSA) is 23.5 Å². The fourth-order valence-corrected chi connectivity index (χ4v) is 1.60. The van der Waals surface area contributed by atoms with Crippen LogP contribution >= 0.6 is 0 Å². The first kappa shape index (κ1) is 10.7. The van der Waals surface area contributed by atoms with Crippen LogP contribution in [0.4, 0.5) is 0 Å². The van der Waals surface area contributed by atoms with Gasteiger partial charge in [0, 0.05) is 19.6 Å². The third kappa shape index (κ3) is 2.55. The van der Waals surface area contributed by atoms with E-state index in [-0.39, 0.29) is 0 Å². The second-order valence-electron chi connectivity index (χ2n) is 4.68. The van der Waals surface area contributed by atoms with Crippen LogP contribution < -0.4 is 0 Å². The molecular formula is C11H21NO. The molecule has 0 aromatic heterocycles. The molecule has 0 aromatic carbocycles. The maximum atomic E-state index is 9.96. The lowest BCUT2D eigenvalue weighted by molar-refractivity contribution is -0.126. The van der Waals surface area contributed by atoms with Crippen molar-refractivity contribution in [2.24, 2.45) is 5.92 Å². The molecule has 2 nitrogen and oxygen atoms in total. The van der Waals surface area contributed by atoms with E-state index in [0.29, 0.717) is 5.92 Å². The molecule has 2 heteroatoms. The zero-order chi connectivity index (χ0) is 10.1. The molecular weight excluding hydrogens is 162 g/mol. The summed E-state index contributed by atoms with van der Waals surface area (Å²) in [5.74, 6) is 0.369. The minimum absolute atomic E-state index is 0.369. The molecule has 0 aromatic rings. The Morgan fingerprint density at radius 1 is 1.54 bits per heavy atom. The largest absolute Gasteiger partial charge is 0.387 e. The normalized spacial score (nSPS) is 21.6. The molecule has 0 spiro atoms. The van der Waals surface area contributed by atoms with Crippen molar-refractivity contribution < 1.29 is 5.11 Å². The minimum atomic E-state index is -0.422. The zero-order valence-corrected chi connectivity index (χ0v) is 9.01. The van der Waals surface area contributed by atoms with Crippen LogP contribution in [0.15, 0.2) is 12.2 Å². The fraction of sp³-hybridized carbons (Fsp3) is 0.818. The Morgan fingerprint density at radius 3 is 2.46 bits per heavy atom. The summed E-state index contributed by atoms with van der Waals surface area (Å²) in [6.07, 6.45) is 1.05. The van der Waals surface area contributed by atoms with Gasteiger partial charge in [-0.1, -0.05) is 19.4 Å². The highest BCUT2D eigenvalue weighted by molar-refractivity contribution is 4.99. The molecule has 1 saturated heterocycles. The molecule has 0 unspecified atom stereocenters. The standard InChI is InChI=1S/C11H21NO/c1-9(2)5-6-12-7-11(13,8-12)10(3)4/h10,13H,1,5-8H2,2-4H3. The molecule has 1 rings (SSSR count). The summed E-state index contributed by atoms with van der Waals surface area (Å²) in [6.45, 7) is 12.8. The highest BCUT2D eigenvalue weighted by Crippen LogP contribution is 2.28. The van der Waals surface area contributed by atoms with Crippen molar-refractivity contribution in [3.8, 4) is 0 Å². The Hall–Kier alpha value is -0.340. The molecule has 1 fully saturated rings. The average molecular weight is 183 g/mol. The third-order valence-electron chi connectivity index (χ3n) is 2.92. The van der Waals surface area contributed by atoms with Gasteiger partial charge in [0.15, 0.2) is 0 Å². The first-order chi connectivity index (χ1) is 5.94. The average Bonchev–Trinajstić information content (AvgIpc) is 1.95. The molecule has 0 aliphatic carbocycles. The molecule has 1 heterocycles. The summed E-state index contributed by atoms with van der Waals surface area (Å²) in [5.41, 5.74) is 0.801. The Kier molecular flexibility index (Phi) is 3.14. The van der Waals surface area contributed by atoms with E-state index >= 15 is 0 Å². The van der Waals surface area contributed by atoms with Crippen LogP contribution in [-0.2, 0) is 0 Å². The Balaban J connectivity index is 2.21. The van der Waals surface area contributed by atoms with Crippen LogP contribution in [0.25, 0.3) is 0 Å². The van der Waals surface area contributed by atoms with Gasteiger partial charge in [0.2, 0.25) is 0 Å². The molecule has 1 aliphatic heterocycles. The van der Waals surface area contributed by atoms with Gasteiger partial charge in [-0.15, -0.1) is 6.58 Å². The van der Waals surface area contributed by atoms with E-state index < -0.39 is 5.60 Å². The number of likely N-dealkylation sites (tertiary alicyclic amines) is 1. The van der Waals surface area contributed by atoms with Crippen molar-refractivity contribution in [1.82, 2.24) is 4.90 Å². The number of hydrogen-bond acceptors (Lipinski definition) is 2. The fourth-order valence-electron chi connectivity index (χ4n) is 1.60. The van der Waals surface area contributed by atoms with E-state index in [9.17, 15) is 5.11 Å². The van der Waals surface area contributed by atoms with Crippen molar-refractivity contribution in [2.75, 3.05) is 19.6 Å². The summed E-state index contributed by atoms with van der Waals surface area (Å²) >= 11 is 0. The van der Waals surface area contributed by atoms with Gasteiger partial charge in [-0.05, 0) is 19.3 Å². The third-order valence-corrected chi connectivity index (χ3v) is 2.92. The maximum absolute atomic E-state index is 9.96. The van der Waals surface area contributed by atoms with E-state index in [2.05, 4.69) is 32.3 Å². The van der Waals surface area contributed by atoms with Gasteiger partial charge < -0.3 is 5.11 Å². The van der Waals surface area contributed by atoms with Crippen molar-refractivity contribution in [2.45, 2.75) is 32.8 Å². The van der Waals surface area contributed by atoms with E-state index in [1.165, 1.54) is 5.57 Å². The molecule has 76 valence electrons. The molecule has 0 saturated carbocycles. The number of β-amino-alcohol motifs (C(OH)–C–C–N with tert-alkyl or cyclic N) is 1. The zero-order valence-electron chi connectivity index (χ0n) is 9.01. The first-order valence-corrected chi connectivity index (χ1v) is 5.03. The second-order valence-corrected chi connectivity index (χ2v) is 4.68. The highest BCUT2D eigenvalue weighted by atomic mass is 16.3. The van der Waals surface area contributed by atoms with Gasteiger partial charge in [0.1, 0.15) is 0 Å². The lowest BCUT2D eigenvalue weighted by Crippen LogP contribution is -2.64. The molecule has 1 aliphatic rings. The summed E-state index contributed by atoms with van der Waals surface area (Å²) in [4.78, 5) is 2.29. The Labute approximate surface area is 81.2 Å². The van der Waals surface area contributed by atoms with Crippen LogP contribution in [-0.4, -0.2) is 35.2 Å². The quantitative estimate of drug-likeness (QED) is 0.670. The lowest BCUT2D eigenvalue weighted by Gasteiger charge is -2.49. The van der Waals surface area contributed by atoms with E-state index in [1.54, 1.807) is 0 Å². The maximum Gasteiger partial charge on any atom is 0.0922 e. The van der Waals surface area contributed by atoms with E-state index in [1.807, 2.05) is 0 Å². The van der Waals surface area contributed by atoms with Crippen LogP contribution in [0.3, 0.4) is 0 Å². The van der Waals surface area contributed by atoms with Gasteiger partial charge in [0.25, 0.3) is 0 Å². The van der Waals surface area contributed by atoms with Crippen LogP contribution in [0.2, 0.25) is 0 Å².